The molecule has 0 spiro atoms. The van der Waals surface area contributed by atoms with E-state index in [0.717, 1.165) is 34.4 Å². The number of nitrogens with zero attached hydrogens (tertiary/aromatic N) is 2. The highest BCUT2D eigenvalue weighted by Crippen LogP contribution is 2.40. The fraction of sp³-hybridized carbons (Fsp3) is 0.368. The molecule has 0 fully saturated rings. The second-order valence-electron chi connectivity index (χ2n) is 5.76. The highest BCUT2D eigenvalue weighted by Gasteiger charge is 2.18. The number of carbonyl (C=O) groups excluding carboxylic acids is 1. The molecule has 1 aromatic heterocycles. The average Bonchev–Trinajstić information content (AvgIpc) is 2.58. The first kappa shape index (κ1) is 18.3. The maximum atomic E-state index is 12.0. The van der Waals surface area contributed by atoms with E-state index in [1.165, 1.54) is 4.90 Å². The van der Waals surface area contributed by atoms with Crippen molar-refractivity contribution in [1.29, 1.82) is 0 Å². The number of hydrogen-bond acceptors (Lipinski definition) is 3. The molecule has 0 N–H and O–H groups in total. The molecule has 1 aromatic carbocycles. The van der Waals surface area contributed by atoms with Gasteiger partial charge >= 0.3 is 0 Å². The number of aryl methyl sites for hydroxylation is 1. The molecule has 1 heterocycles. The normalized spacial score (nSPS) is 10.6. The van der Waals surface area contributed by atoms with Gasteiger partial charge in [0.1, 0.15) is 11.4 Å². The van der Waals surface area contributed by atoms with Gasteiger partial charge in [0, 0.05) is 36.4 Å². The van der Waals surface area contributed by atoms with E-state index in [4.69, 9.17) is 16.3 Å². The molecule has 2 rings (SSSR count). The molecule has 0 bridgehead atoms. The van der Waals surface area contributed by atoms with Crippen molar-refractivity contribution in [1.82, 2.24) is 9.88 Å². The van der Waals surface area contributed by atoms with Crippen molar-refractivity contribution in [3.8, 4) is 16.9 Å². The van der Waals surface area contributed by atoms with Crippen LogP contribution >= 0.6 is 11.6 Å². The van der Waals surface area contributed by atoms with Crippen molar-refractivity contribution < 1.29 is 9.53 Å². The fourth-order valence-corrected chi connectivity index (χ4v) is 2.82. The van der Waals surface area contributed by atoms with E-state index in [1.54, 1.807) is 26.4 Å². The Hall–Kier alpha value is -2.07. The van der Waals surface area contributed by atoms with Crippen LogP contribution in [0.4, 0.5) is 0 Å². The number of amides is 1. The van der Waals surface area contributed by atoms with Crippen LogP contribution in [0, 0.1) is 6.92 Å². The summed E-state index contributed by atoms with van der Waals surface area (Å²) >= 11 is 6.41. The second kappa shape index (κ2) is 7.67. The number of pyridine rings is 1. The second-order valence-corrected chi connectivity index (χ2v) is 6.17. The van der Waals surface area contributed by atoms with E-state index in [0.29, 0.717) is 17.3 Å². The third-order valence-electron chi connectivity index (χ3n) is 3.90. The Bertz CT molecular complexity index is 740. The Kier molecular flexibility index (Phi) is 5.84. The van der Waals surface area contributed by atoms with Gasteiger partial charge in [-0.3, -0.25) is 9.78 Å². The number of halogens is 1. The van der Waals surface area contributed by atoms with E-state index in [1.807, 2.05) is 26.0 Å². The molecule has 0 aliphatic heterocycles. The van der Waals surface area contributed by atoms with Gasteiger partial charge in [0.25, 0.3) is 5.91 Å². The lowest BCUT2D eigenvalue weighted by Crippen LogP contribution is -2.22. The number of ether oxygens (including phenoxy) is 1. The van der Waals surface area contributed by atoms with Crippen molar-refractivity contribution in [2.24, 2.45) is 0 Å². The van der Waals surface area contributed by atoms with Crippen LogP contribution in [-0.4, -0.2) is 36.5 Å². The van der Waals surface area contributed by atoms with Crippen LogP contribution in [0.25, 0.3) is 11.1 Å². The molecular formula is C19H23ClN2O2. The largest absolute Gasteiger partial charge is 0.493 e. The predicted molar refractivity (Wildman–Crippen MR) is 98.0 cm³/mol. The average molecular weight is 347 g/mol. The van der Waals surface area contributed by atoms with E-state index in [2.05, 4.69) is 11.9 Å². The summed E-state index contributed by atoms with van der Waals surface area (Å²) in [6.07, 6.45) is 2.53. The summed E-state index contributed by atoms with van der Waals surface area (Å²) in [6.45, 7) is 6.58. The van der Waals surface area contributed by atoms with Crippen molar-refractivity contribution in [2.45, 2.75) is 27.2 Å². The van der Waals surface area contributed by atoms with Gasteiger partial charge < -0.3 is 9.64 Å². The van der Waals surface area contributed by atoms with Gasteiger partial charge in [-0.25, -0.2) is 0 Å². The molecule has 128 valence electrons. The van der Waals surface area contributed by atoms with Crippen molar-refractivity contribution in [3.05, 3.63) is 46.2 Å². The predicted octanol–water partition coefficient (Wildman–Crippen LogP) is 4.37. The molecule has 0 unspecified atom stereocenters. The molecule has 0 saturated carbocycles. The van der Waals surface area contributed by atoms with E-state index in [-0.39, 0.29) is 5.91 Å². The van der Waals surface area contributed by atoms with Gasteiger partial charge in [0.15, 0.2) is 0 Å². The maximum absolute atomic E-state index is 12.0. The van der Waals surface area contributed by atoms with Crippen LogP contribution in [0.2, 0.25) is 5.02 Å². The third-order valence-corrected chi connectivity index (χ3v) is 4.29. The van der Waals surface area contributed by atoms with Gasteiger partial charge in [-0.1, -0.05) is 24.6 Å². The number of hydrogen-bond donors (Lipinski definition) is 0. The number of aromatic nitrogens is 1. The van der Waals surface area contributed by atoms with E-state index in [9.17, 15) is 4.79 Å². The molecule has 0 saturated heterocycles. The van der Waals surface area contributed by atoms with Crippen LogP contribution in [0.3, 0.4) is 0 Å². The highest BCUT2D eigenvalue weighted by molar-refractivity contribution is 6.32. The molecule has 2 aromatic rings. The first-order valence-corrected chi connectivity index (χ1v) is 8.41. The molecule has 24 heavy (non-hydrogen) atoms. The van der Waals surface area contributed by atoms with Crippen LogP contribution < -0.4 is 4.74 Å². The van der Waals surface area contributed by atoms with Gasteiger partial charge in [-0.15, -0.1) is 0 Å². The van der Waals surface area contributed by atoms with Crippen LogP contribution in [0.15, 0.2) is 24.4 Å². The van der Waals surface area contributed by atoms with Gasteiger partial charge in [0.2, 0.25) is 0 Å². The molecular weight excluding hydrogens is 324 g/mol. The molecule has 5 heteroatoms. The summed E-state index contributed by atoms with van der Waals surface area (Å²) in [4.78, 5) is 17.8. The minimum Gasteiger partial charge on any atom is -0.493 e. The molecule has 0 radical (unpaired) electrons. The lowest BCUT2D eigenvalue weighted by Gasteiger charge is -2.18. The lowest BCUT2D eigenvalue weighted by atomic mass is 9.96. The third kappa shape index (κ3) is 3.54. The number of benzene rings is 1. The van der Waals surface area contributed by atoms with Crippen LogP contribution in [0.1, 0.15) is 35.5 Å². The standard InChI is InChI=1S/C19H23ClN2O2/c1-6-13-10-15(20)12(3)17(18(13)24-7-2)14-8-9-16(21-11-14)19(23)22(4)5/h8-11H,6-7H2,1-5H3. The minimum atomic E-state index is -0.122. The quantitative estimate of drug-likeness (QED) is 0.807. The topological polar surface area (TPSA) is 42.4 Å². The highest BCUT2D eigenvalue weighted by atomic mass is 35.5. The zero-order valence-electron chi connectivity index (χ0n) is 14.8. The Morgan fingerprint density at radius 1 is 1.29 bits per heavy atom. The fourth-order valence-electron chi connectivity index (χ4n) is 2.59. The number of rotatable bonds is 5. The summed E-state index contributed by atoms with van der Waals surface area (Å²) in [5.41, 5.74) is 4.26. The van der Waals surface area contributed by atoms with Crippen molar-refractivity contribution >= 4 is 17.5 Å². The lowest BCUT2D eigenvalue weighted by molar-refractivity contribution is 0.0822. The summed E-state index contributed by atoms with van der Waals surface area (Å²) in [7, 11) is 3.42. The Morgan fingerprint density at radius 2 is 2.00 bits per heavy atom. The Morgan fingerprint density at radius 3 is 2.50 bits per heavy atom. The van der Waals surface area contributed by atoms with Crippen LogP contribution in [0.5, 0.6) is 5.75 Å². The van der Waals surface area contributed by atoms with E-state index >= 15 is 0 Å². The first-order valence-electron chi connectivity index (χ1n) is 8.03. The van der Waals surface area contributed by atoms with Crippen molar-refractivity contribution in [3.63, 3.8) is 0 Å². The van der Waals surface area contributed by atoms with Crippen LogP contribution in [-0.2, 0) is 6.42 Å². The summed E-state index contributed by atoms with van der Waals surface area (Å²) < 4.78 is 5.90. The maximum Gasteiger partial charge on any atom is 0.271 e. The zero-order valence-corrected chi connectivity index (χ0v) is 15.6. The van der Waals surface area contributed by atoms with Crippen molar-refractivity contribution in [2.75, 3.05) is 20.7 Å². The molecule has 0 aliphatic rings. The molecule has 0 atom stereocenters. The van der Waals surface area contributed by atoms with Gasteiger partial charge in [0.05, 0.1) is 6.61 Å². The zero-order chi connectivity index (χ0) is 17.9. The summed E-state index contributed by atoms with van der Waals surface area (Å²) in [5, 5.41) is 0.707. The SMILES string of the molecule is CCOc1c(CC)cc(Cl)c(C)c1-c1ccc(C(=O)N(C)C)nc1. The summed E-state index contributed by atoms with van der Waals surface area (Å²) in [6, 6.07) is 5.59. The van der Waals surface area contributed by atoms with Gasteiger partial charge in [-0.05, 0) is 43.5 Å². The summed E-state index contributed by atoms with van der Waals surface area (Å²) in [5.74, 6) is 0.721. The van der Waals surface area contributed by atoms with E-state index < -0.39 is 0 Å². The molecule has 1 amide bonds. The number of carbonyl (C=O) groups is 1. The minimum absolute atomic E-state index is 0.122. The molecule has 0 aliphatic carbocycles. The Labute approximate surface area is 148 Å². The first-order chi connectivity index (χ1) is 11.4. The molecule has 4 nitrogen and oxygen atoms in total. The monoisotopic (exact) mass is 346 g/mol. The smallest absolute Gasteiger partial charge is 0.271 e. The van der Waals surface area contributed by atoms with Gasteiger partial charge in [-0.2, -0.15) is 0 Å². The Balaban J connectivity index is 2.58.